The van der Waals surface area contributed by atoms with Crippen molar-refractivity contribution >= 4 is 23.2 Å². The summed E-state index contributed by atoms with van der Waals surface area (Å²) >= 11 is 5.60. The van der Waals surface area contributed by atoms with Gasteiger partial charge in [-0.05, 0) is 6.08 Å². The van der Waals surface area contributed by atoms with Gasteiger partial charge in [0, 0.05) is 11.1 Å². The molecule has 22 heavy (non-hydrogen) atoms. The van der Waals surface area contributed by atoms with Crippen LogP contribution in [0.5, 0.6) is 0 Å². The standard InChI is InChI=1S/C17H16ClNO3/c18-8-10(20)9-19-14-7-3-6-13-15(14)17(22)12-5-2-1-4-11(12)16(13)21/h1-7,10,13,15,19-20H,8-9H2/p+1/t10-,13-,15+/m1/s1. The molecule has 0 aromatic heterocycles. The Balaban J connectivity index is 1.92. The Morgan fingerprint density at radius 3 is 2.55 bits per heavy atom. The Morgan fingerprint density at radius 1 is 1.18 bits per heavy atom. The molecule has 3 rings (SSSR count). The van der Waals surface area contributed by atoms with Gasteiger partial charge < -0.3 is 10.4 Å². The van der Waals surface area contributed by atoms with Gasteiger partial charge in [0.2, 0.25) is 0 Å². The third kappa shape index (κ3) is 2.54. The van der Waals surface area contributed by atoms with Crippen molar-refractivity contribution in [1.29, 1.82) is 0 Å². The number of aliphatic hydroxyl groups is 1. The van der Waals surface area contributed by atoms with Gasteiger partial charge in [-0.15, -0.1) is 11.6 Å². The van der Waals surface area contributed by atoms with Crippen LogP contribution in [0.1, 0.15) is 20.7 Å². The molecule has 0 heterocycles. The maximum absolute atomic E-state index is 12.8. The lowest BCUT2D eigenvalue weighted by Gasteiger charge is -2.30. The summed E-state index contributed by atoms with van der Waals surface area (Å²) in [4.78, 5) is 25.4. The quantitative estimate of drug-likeness (QED) is 0.811. The second-order valence-corrected chi connectivity index (χ2v) is 5.89. The Bertz CT molecular complexity index is 680. The third-order valence-corrected chi connectivity index (χ3v) is 4.53. The number of hydrogen-bond donors (Lipinski definition) is 2. The molecular weight excluding hydrogens is 302 g/mol. The van der Waals surface area contributed by atoms with Gasteiger partial charge in [-0.2, -0.15) is 0 Å². The van der Waals surface area contributed by atoms with Crippen molar-refractivity contribution in [1.82, 2.24) is 0 Å². The zero-order chi connectivity index (χ0) is 15.7. The molecule has 0 saturated heterocycles. The topological polar surface area (TPSA) is 71.0 Å². The Morgan fingerprint density at radius 2 is 1.86 bits per heavy atom. The van der Waals surface area contributed by atoms with Crippen molar-refractivity contribution < 1.29 is 20.0 Å². The fraction of sp³-hybridized carbons (Fsp3) is 0.294. The number of halogens is 1. The van der Waals surface area contributed by atoms with Crippen LogP contribution in [0.25, 0.3) is 0 Å². The average Bonchev–Trinajstić information content (AvgIpc) is 2.57. The predicted molar refractivity (Wildman–Crippen MR) is 82.8 cm³/mol. The number of rotatable bonds is 4. The van der Waals surface area contributed by atoms with Crippen LogP contribution in [0.3, 0.4) is 0 Å². The SMILES string of the molecule is O=C1c2ccccc2C(=O)[C@@H]2C=CC=C([NH2+]C[C@H](O)CCl)[C@@H]12. The number of alkyl halides is 1. The molecule has 0 bridgehead atoms. The fourth-order valence-electron chi connectivity index (χ4n) is 3.05. The minimum absolute atomic E-state index is 0.0201. The lowest BCUT2D eigenvalue weighted by Crippen LogP contribution is -2.86. The smallest absolute Gasteiger partial charge is 0.177 e. The van der Waals surface area contributed by atoms with Gasteiger partial charge in [-0.25, -0.2) is 0 Å². The highest BCUT2D eigenvalue weighted by molar-refractivity contribution is 6.18. The van der Waals surface area contributed by atoms with Crippen molar-refractivity contribution in [3.05, 3.63) is 59.3 Å². The minimum atomic E-state index is -0.645. The third-order valence-electron chi connectivity index (χ3n) is 4.17. The molecule has 3 N–H and O–H groups in total. The van der Waals surface area contributed by atoms with Crippen molar-refractivity contribution in [3.8, 4) is 0 Å². The summed E-state index contributed by atoms with van der Waals surface area (Å²) in [6, 6.07) is 6.96. The van der Waals surface area contributed by atoms with Crippen molar-refractivity contribution in [2.24, 2.45) is 11.8 Å². The molecule has 4 nitrogen and oxygen atoms in total. The molecular formula is C17H17ClNO3+. The highest BCUT2D eigenvalue weighted by atomic mass is 35.5. The first-order chi connectivity index (χ1) is 10.6. The van der Waals surface area contributed by atoms with E-state index in [1.807, 2.05) is 11.4 Å². The fourth-order valence-corrected chi connectivity index (χ4v) is 3.18. The molecule has 1 aromatic rings. The molecule has 0 amide bonds. The molecule has 114 valence electrons. The van der Waals surface area contributed by atoms with E-state index in [2.05, 4.69) is 0 Å². The van der Waals surface area contributed by atoms with Gasteiger partial charge in [-0.1, -0.05) is 36.4 Å². The lowest BCUT2D eigenvalue weighted by molar-refractivity contribution is -0.618. The predicted octanol–water partition coefficient (Wildman–Crippen LogP) is 0.915. The van der Waals surface area contributed by atoms with Crippen LogP contribution in [0.2, 0.25) is 0 Å². The minimum Gasteiger partial charge on any atom is -0.386 e. The van der Waals surface area contributed by atoms with Crippen molar-refractivity contribution in [2.75, 3.05) is 12.4 Å². The maximum atomic E-state index is 12.8. The zero-order valence-corrected chi connectivity index (χ0v) is 12.7. The van der Waals surface area contributed by atoms with E-state index in [-0.39, 0.29) is 17.4 Å². The van der Waals surface area contributed by atoms with Crippen LogP contribution in [0.4, 0.5) is 0 Å². The highest BCUT2D eigenvalue weighted by Gasteiger charge is 2.44. The number of Topliss-reactive ketones (excluding diaryl/α,β-unsaturated/α-hetero) is 2. The molecule has 0 fully saturated rings. The van der Waals surface area contributed by atoms with E-state index >= 15 is 0 Å². The summed E-state index contributed by atoms with van der Waals surface area (Å²) in [7, 11) is 0. The number of carbonyl (C=O) groups is 2. The summed E-state index contributed by atoms with van der Waals surface area (Å²) < 4.78 is 0. The second-order valence-electron chi connectivity index (χ2n) is 5.58. The summed E-state index contributed by atoms with van der Waals surface area (Å²) in [5.41, 5.74) is 1.77. The van der Waals surface area contributed by atoms with Gasteiger partial charge in [0.05, 0.1) is 11.8 Å². The van der Waals surface area contributed by atoms with Crippen LogP contribution in [0, 0.1) is 11.8 Å². The van der Waals surface area contributed by atoms with Crippen molar-refractivity contribution in [2.45, 2.75) is 6.10 Å². The molecule has 1 aromatic carbocycles. The van der Waals surface area contributed by atoms with E-state index in [0.717, 1.165) is 5.70 Å². The summed E-state index contributed by atoms with van der Waals surface area (Å²) in [6.07, 6.45) is 4.78. The molecule has 5 heteroatoms. The molecule has 0 radical (unpaired) electrons. The first-order valence-electron chi connectivity index (χ1n) is 7.26. The van der Waals surface area contributed by atoms with Gasteiger partial charge in [-0.3, -0.25) is 9.59 Å². The van der Waals surface area contributed by atoms with Crippen LogP contribution >= 0.6 is 11.6 Å². The Labute approximate surface area is 133 Å². The zero-order valence-electron chi connectivity index (χ0n) is 11.9. The van der Waals surface area contributed by atoms with E-state index in [0.29, 0.717) is 17.7 Å². The first kappa shape index (κ1) is 15.2. The summed E-state index contributed by atoms with van der Waals surface area (Å²) in [5, 5.41) is 11.4. The number of benzene rings is 1. The number of allylic oxidation sites excluding steroid dienone is 4. The molecule has 0 spiro atoms. The summed E-state index contributed by atoms with van der Waals surface area (Å²) in [6.45, 7) is 0.371. The Hall–Kier alpha value is -1.75. The van der Waals surface area contributed by atoms with Crippen molar-refractivity contribution in [3.63, 3.8) is 0 Å². The maximum Gasteiger partial charge on any atom is 0.177 e. The number of quaternary nitrogens is 1. The lowest BCUT2D eigenvalue weighted by atomic mass is 9.71. The normalized spacial score (nSPS) is 24.5. The summed E-state index contributed by atoms with van der Waals surface area (Å²) in [5.74, 6) is -0.855. The second kappa shape index (κ2) is 6.16. The van der Waals surface area contributed by atoms with E-state index in [4.69, 9.17) is 11.6 Å². The van der Waals surface area contributed by atoms with Gasteiger partial charge in [0.15, 0.2) is 11.6 Å². The molecule has 2 aliphatic carbocycles. The van der Waals surface area contributed by atoms with E-state index in [1.165, 1.54) is 0 Å². The van der Waals surface area contributed by atoms with Crippen LogP contribution < -0.4 is 5.32 Å². The van der Waals surface area contributed by atoms with Crippen LogP contribution in [0.15, 0.2) is 48.2 Å². The number of nitrogens with two attached hydrogens (primary N) is 1. The molecule has 0 saturated carbocycles. The molecule has 0 aliphatic heterocycles. The van der Waals surface area contributed by atoms with E-state index in [9.17, 15) is 14.7 Å². The molecule has 3 atom stereocenters. The monoisotopic (exact) mass is 318 g/mol. The number of hydrogen-bond acceptors (Lipinski definition) is 3. The van der Waals surface area contributed by atoms with Crippen LogP contribution in [-0.4, -0.2) is 35.2 Å². The molecule has 2 aliphatic rings. The first-order valence-corrected chi connectivity index (χ1v) is 7.80. The molecule has 0 unspecified atom stereocenters. The van der Waals surface area contributed by atoms with E-state index in [1.54, 1.807) is 36.4 Å². The number of aliphatic hydroxyl groups excluding tert-OH is 1. The Kier molecular flexibility index (Phi) is 4.25. The van der Waals surface area contributed by atoms with Gasteiger partial charge in [0.1, 0.15) is 24.3 Å². The van der Waals surface area contributed by atoms with E-state index < -0.39 is 17.9 Å². The number of fused-ring (bicyclic) bond motifs is 2. The van der Waals surface area contributed by atoms with Gasteiger partial charge >= 0.3 is 0 Å². The van der Waals surface area contributed by atoms with Crippen LogP contribution in [-0.2, 0) is 0 Å². The van der Waals surface area contributed by atoms with Gasteiger partial charge in [0.25, 0.3) is 0 Å². The number of ketones is 2. The average molecular weight is 319 g/mol. The highest BCUT2D eigenvalue weighted by Crippen LogP contribution is 2.35. The largest absolute Gasteiger partial charge is 0.386 e. The number of carbonyl (C=O) groups excluding carboxylic acids is 2.